The number of anilines is 1. The molecule has 0 aromatic heterocycles. The van der Waals surface area contributed by atoms with Gasteiger partial charge in [-0.1, -0.05) is 11.6 Å². The predicted octanol–water partition coefficient (Wildman–Crippen LogP) is 1.27. The van der Waals surface area contributed by atoms with Crippen LogP contribution >= 0.6 is 23.8 Å². The van der Waals surface area contributed by atoms with Crippen LogP contribution in [0.3, 0.4) is 0 Å². The molecule has 4 nitrogen and oxygen atoms in total. The Morgan fingerprint density at radius 2 is 2.27 bits per heavy atom. The highest BCUT2D eigenvalue weighted by Crippen LogP contribution is 2.31. The van der Waals surface area contributed by atoms with Crippen molar-refractivity contribution < 1.29 is 9.90 Å². The third-order valence-electron chi connectivity index (χ3n) is 2.02. The van der Waals surface area contributed by atoms with Gasteiger partial charge in [-0.2, -0.15) is 0 Å². The summed E-state index contributed by atoms with van der Waals surface area (Å²) in [6.07, 6.45) is 0. The van der Waals surface area contributed by atoms with Crippen LogP contribution in [0.2, 0.25) is 5.02 Å². The van der Waals surface area contributed by atoms with Gasteiger partial charge in [-0.05, 0) is 30.4 Å². The Morgan fingerprint density at radius 1 is 1.53 bits per heavy atom. The van der Waals surface area contributed by atoms with E-state index in [0.29, 0.717) is 10.7 Å². The van der Waals surface area contributed by atoms with E-state index in [9.17, 15) is 9.90 Å². The molecule has 0 atom stereocenters. The normalized spacial score (nSPS) is 15.7. The fourth-order valence-corrected chi connectivity index (χ4v) is 1.78. The molecule has 0 radical (unpaired) electrons. The summed E-state index contributed by atoms with van der Waals surface area (Å²) in [4.78, 5) is 12.7. The minimum Gasteiger partial charge on any atom is -0.506 e. The maximum Gasteiger partial charge on any atom is 0.252 e. The lowest BCUT2D eigenvalue weighted by Gasteiger charge is -2.16. The van der Waals surface area contributed by atoms with E-state index >= 15 is 0 Å². The standard InChI is InChI=1S/C9H7ClN2O2S/c10-5-1-2-7(13)6(3-5)12-8(14)4-11-9(12)15/h1-3,13H,4H2,(H,11,15). The average molecular weight is 243 g/mol. The SMILES string of the molecule is O=C1CNC(=S)N1c1cc(Cl)ccc1O. The Balaban J connectivity index is 2.48. The molecule has 1 aromatic rings. The quantitative estimate of drug-likeness (QED) is 0.729. The average Bonchev–Trinajstić information content (AvgIpc) is 2.51. The minimum absolute atomic E-state index is 0.0289. The molecule has 1 aliphatic heterocycles. The first-order valence-corrected chi connectivity index (χ1v) is 4.97. The van der Waals surface area contributed by atoms with Crippen LogP contribution in [0.4, 0.5) is 5.69 Å². The monoisotopic (exact) mass is 242 g/mol. The van der Waals surface area contributed by atoms with Crippen molar-refractivity contribution in [1.82, 2.24) is 5.32 Å². The number of thiocarbonyl (C=S) groups is 1. The molecule has 1 aliphatic rings. The number of phenols is 1. The van der Waals surface area contributed by atoms with Gasteiger partial charge in [0.05, 0.1) is 12.2 Å². The molecule has 1 saturated heterocycles. The molecule has 1 fully saturated rings. The maximum atomic E-state index is 11.5. The van der Waals surface area contributed by atoms with Gasteiger partial charge >= 0.3 is 0 Å². The molecule has 6 heteroatoms. The molecule has 1 amide bonds. The zero-order valence-corrected chi connectivity index (χ0v) is 9.10. The van der Waals surface area contributed by atoms with Crippen molar-refractivity contribution in [3.63, 3.8) is 0 Å². The van der Waals surface area contributed by atoms with Gasteiger partial charge < -0.3 is 10.4 Å². The van der Waals surface area contributed by atoms with E-state index in [1.807, 2.05) is 0 Å². The topological polar surface area (TPSA) is 52.6 Å². The summed E-state index contributed by atoms with van der Waals surface area (Å²) in [5.41, 5.74) is 0.308. The summed E-state index contributed by atoms with van der Waals surface area (Å²) in [5, 5.41) is 13.0. The molecule has 0 aliphatic carbocycles. The molecule has 15 heavy (non-hydrogen) atoms. The number of rotatable bonds is 1. The van der Waals surface area contributed by atoms with Gasteiger partial charge in [-0.15, -0.1) is 0 Å². The van der Waals surface area contributed by atoms with Crippen LogP contribution in [0.15, 0.2) is 18.2 Å². The van der Waals surface area contributed by atoms with Crippen molar-refractivity contribution in [2.45, 2.75) is 0 Å². The number of amides is 1. The van der Waals surface area contributed by atoms with Crippen LogP contribution in [-0.4, -0.2) is 22.7 Å². The Hall–Kier alpha value is -1.33. The first-order valence-electron chi connectivity index (χ1n) is 4.19. The van der Waals surface area contributed by atoms with Gasteiger partial charge in [0, 0.05) is 5.02 Å². The van der Waals surface area contributed by atoms with E-state index in [2.05, 4.69) is 5.32 Å². The van der Waals surface area contributed by atoms with Gasteiger partial charge in [0.2, 0.25) is 0 Å². The Kier molecular flexibility index (Phi) is 2.50. The van der Waals surface area contributed by atoms with Gasteiger partial charge in [-0.25, -0.2) is 0 Å². The van der Waals surface area contributed by atoms with E-state index in [-0.39, 0.29) is 23.3 Å². The zero-order chi connectivity index (χ0) is 11.0. The second kappa shape index (κ2) is 3.67. The first-order chi connectivity index (χ1) is 7.09. The molecule has 0 saturated carbocycles. The summed E-state index contributed by atoms with van der Waals surface area (Å²) in [6, 6.07) is 4.46. The molecule has 2 rings (SSSR count). The summed E-state index contributed by atoms with van der Waals surface area (Å²) in [6.45, 7) is 0.144. The molecule has 78 valence electrons. The number of carbonyl (C=O) groups excluding carboxylic acids is 1. The number of hydrogen-bond donors (Lipinski definition) is 2. The molecule has 0 bridgehead atoms. The second-order valence-electron chi connectivity index (χ2n) is 3.02. The number of nitrogens with zero attached hydrogens (tertiary/aromatic N) is 1. The zero-order valence-electron chi connectivity index (χ0n) is 7.53. The van der Waals surface area contributed by atoms with Gasteiger partial charge in [0.1, 0.15) is 5.75 Å². The van der Waals surface area contributed by atoms with E-state index in [4.69, 9.17) is 23.8 Å². The van der Waals surface area contributed by atoms with Crippen molar-refractivity contribution in [3.8, 4) is 5.75 Å². The number of hydrogen-bond acceptors (Lipinski definition) is 3. The number of aromatic hydroxyl groups is 1. The van der Waals surface area contributed by atoms with E-state index < -0.39 is 0 Å². The summed E-state index contributed by atoms with van der Waals surface area (Å²) < 4.78 is 0. The molecular formula is C9H7ClN2O2S. The molecule has 2 N–H and O–H groups in total. The second-order valence-corrected chi connectivity index (χ2v) is 3.84. The number of phenolic OH excluding ortho intramolecular Hbond substituents is 1. The minimum atomic E-state index is -0.211. The van der Waals surface area contributed by atoms with Crippen LogP contribution in [0.5, 0.6) is 5.75 Å². The number of nitrogens with one attached hydrogen (secondary N) is 1. The number of halogens is 1. The van der Waals surface area contributed by atoms with Gasteiger partial charge in [0.15, 0.2) is 5.11 Å². The van der Waals surface area contributed by atoms with Crippen molar-refractivity contribution in [3.05, 3.63) is 23.2 Å². The van der Waals surface area contributed by atoms with Crippen molar-refractivity contribution in [1.29, 1.82) is 0 Å². The van der Waals surface area contributed by atoms with Crippen molar-refractivity contribution in [2.24, 2.45) is 0 Å². The van der Waals surface area contributed by atoms with E-state index in [0.717, 1.165) is 0 Å². The Morgan fingerprint density at radius 3 is 2.87 bits per heavy atom. The Bertz CT molecular complexity index is 434. The fraction of sp³-hybridized carbons (Fsp3) is 0.111. The Labute approximate surface area is 96.4 Å². The third-order valence-corrected chi connectivity index (χ3v) is 2.58. The van der Waals surface area contributed by atoms with Crippen LogP contribution in [-0.2, 0) is 4.79 Å². The maximum absolute atomic E-state index is 11.5. The lowest BCUT2D eigenvalue weighted by molar-refractivity contribution is -0.115. The molecule has 0 spiro atoms. The van der Waals surface area contributed by atoms with Crippen molar-refractivity contribution >= 4 is 40.5 Å². The molecule has 1 aromatic carbocycles. The van der Waals surface area contributed by atoms with Crippen LogP contribution < -0.4 is 10.2 Å². The lowest BCUT2D eigenvalue weighted by Crippen LogP contribution is -2.30. The van der Waals surface area contributed by atoms with E-state index in [1.165, 1.54) is 23.1 Å². The number of benzene rings is 1. The summed E-state index contributed by atoms with van der Waals surface area (Å²) in [5.74, 6) is -0.239. The molecule has 0 unspecified atom stereocenters. The van der Waals surface area contributed by atoms with E-state index in [1.54, 1.807) is 0 Å². The summed E-state index contributed by atoms with van der Waals surface area (Å²) >= 11 is 10.7. The van der Waals surface area contributed by atoms with Crippen LogP contribution in [0, 0.1) is 0 Å². The summed E-state index contributed by atoms with van der Waals surface area (Å²) in [7, 11) is 0. The molecular weight excluding hydrogens is 236 g/mol. The predicted molar refractivity (Wildman–Crippen MR) is 61.2 cm³/mol. The van der Waals surface area contributed by atoms with Gasteiger partial charge in [0.25, 0.3) is 5.91 Å². The highest BCUT2D eigenvalue weighted by Gasteiger charge is 2.28. The lowest BCUT2D eigenvalue weighted by atomic mass is 10.2. The number of carbonyl (C=O) groups is 1. The van der Waals surface area contributed by atoms with Gasteiger partial charge in [-0.3, -0.25) is 9.69 Å². The van der Waals surface area contributed by atoms with Crippen LogP contribution in [0.1, 0.15) is 0 Å². The molecule has 1 heterocycles. The fourth-order valence-electron chi connectivity index (χ4n) is 1.34. The first kappa shape index (κ1) is 10.2. The highest BCUT2D eigenvalue weighted by atomic mass is 35.5. The third kappa shape index (κ3) is 1.75. The van der Waals surface area contributed by atoms with Crippen molar-refractivity contribution in [2.75, 3.05) is 11.4 Å². The highest BCUT2D eigenvalue weighted by molar-refractivity contribution is 7.80. The largest absolute Gasteiger partial charge is 0.506 e. The smallest absolute Gasteiger partial charge is 0.252 e. The van der Waals surface area contributed by atoms with Crippen LogP contribution in [0.25, 0.3) is 0 Å².